The van der Waals surface area contributed by atoms with E-state index in [2.05, 4.69) is 0 Å². The standard InChI is InChI=1S/C32H34O4S/c1-17-11-29(33)19(3)7-23(17)13-25-15-27(9-21(5)31(25)35)37-28-10-22(6)32(36)26(16-28)14-24-8-20(4)30(34)12-18(24)2/h7-12,15-16,33-36H,13-14H2,1-6H3. The van der Waals surface area contributed by atoms with Gasteiger partial charge in [0, 0.05) is 22.6 Å². The Bertz CT molecular complexity index is 1390. The van der Waals surface area contributed by atoms with Crippen molar-refractivity contribution in [3.63, 3.8) is 0 Å². The Morgan fingerprint density at radius 2 is 0.811 bits per heavy atom. The lowest BCUT2D eigenvalue weighted by Gasteiger charge is -2.15. The van der Waals surface area contributed by atoms with E-state index < -0.39 is 0 Å². The number of hydrogen-bond donors (Lipinski definition) is 4. The highest BCUT2D eigenvalue weighted by molar-refractivity contribution is 7.99. The lowest BCUT2D eigenvalue weighted by molar-refractivity contribution is 0.464. The molecule has 4 rings (SSSR count). The summed E-state index contributed by atoms with van der Waals surface area (Å²) in [5.74, 6) is 1.13. The van der Waals surface area contributed by atoms with Crippen molar-refractivity contribution in [2.75, 3.05) is 0 Å². The molecule has 0 fully saturated rings. The highest BCUT2D eigenvalue weighted by atomic mass is 32.2. The Hall–Kier alpha value is -3.57. The molecule has 37 heavy (non-hydrogen) atoms. The Morgan fingerprint density at radius 3 is 1.19 bits per heavy atom. The fourth-order valence-corrected chi connectivity index (χ4v) is 5.82. The molecule has 0 aliphatic heterocycles. The van der Waals surface area contributed by atoms with Crippen molar-refractivity contribution in [2.45, 2.75) is 64.2 Å². The molecular weight excluding hydrogens is 480 g/mol. The topological polar surface area (TPSA) is 80.9 Å². The van der Waals surface area contributed by atoms with Gasteiger partial charge in [0.2, 0.25) is 0 Å². The second-order valence-corrected chi connectivity index (χ2v) is 11.2. The molecule has 4 N–H and O–H groups in total. The summed E-state index contributed by atoms with van der Waals surface area (Å²) in [6, 6.07) is 15.5. The molecule has 5 heteroatoms. The van der Waals surface area contributed by atoms with Crippen LogP contribution in [-0.4, -0.2) is 20.4 Å². The number of benzene rings is 4. The van der Waals surface area contributed by atoms with Gasteiger partial charge in [0.25, 0.3) is 0 Å². The van der Waals surface area contributed by atoms with Gasteiger partial charge < -0.3 is 20.4 Å². The quantitative estimate of drug-likeness (QED) is 0.212. The van der Waals surface area contributed by atoms with Crippen LogP contribution in [0, 0.1) is 41.5 Å². The number of aromatic hydroxyl groups is 4. The van der Waals surface area contributed by atoms with Crippen molar-refractivity contribution in [3.8, 4) is 23.0 Å². The van der Waals surface area contributed by atoms with E-state index in [1.807, 2.05) is 77.9 Å². The molecule has 0 aliphatic carbocycles. The van der Waals surface area contributed by atoms with E-state index in [0.29, 0.717) is 12.8 Å². The third-order valence-electron chi connectivity index (χ3n) is 7.01. The van der Waals surface area contributed by atoms with Gasteiger partial charge in [-0.05, 0) is 134 Å². The van der Waals surface area contributed by atoms with Crippen LogP contribution in [0.4, 0.5) is 0 Å². The van der Waals surface area contributed by atoms with Crippen LogP contribution in [0.25, 0.3) is 0 Å². The summed E-state index contributed by atoms with van der Waals surface area (Å²) in [6.07, 6.45) is 1.13. The SMILES string of the molecule is Cc1cc(Cc2cc(Sc3cc(C)c(O)c(Cc4cc(C)c(O)cc4C)c3)cc(C)c2O)c(C)cc1O. The summed E-state index contributed by atoms with van der Waals surface area (Å²) in [6.45, 7) is 11.5. The molecule has 0 spiro atoms. The van der Waals surface area contributed by atoms with Crippen LogP contribution in [0.1, 0.15) is 55.6 Å². The maximum atomic E-state index is 10.8. The molecule has 0 unspecified atom stereocenters. The van der Waals surface area contributed by atoms with Crippen molar-refractivity contribution in [3.05, 3.63) is 104 Å². The maximum absolute atomic E-state index is 10.8. The molecule has 0 atom stereocenters. The molecule has 0 amide bonds. The van der Waals surface area contributed by atoms with Crippen LogP contribution in [-0.2, 0) is 12.8 Å². The first-order valence-corrected chi connectivity index (χ1v) is 13.2. The normalized spacial score (nSPS) is 11.2. The second kappa shape index (κ2) is 10.4. The molecule has 0 saturated carbocycles. The van der Waals surface area contributed by atoms with Crippen LogP contribution in [0.5, 0.6) is 23.0 Å². The number of hydrogen-bond acceptors (Lipinski definition) is 5. The molecule has 0 bridgehead atoms. The zero-order chi connectivity index (χ0) is 27.0. The highest BCUT2D eigenvalue weighted by Crippen LogP contribution is 2.38. The van der Waals surface area contributed by atoms with Crippen molar-refractivity contribution in [2.24, 2.45) is 0 Å². The molecule has 192 valence electrons. The molecule has 4 nitrogen and oxygen atoms in total. The lowest BCUT2D eigenvalue weighted by atomic mass is 9.96. The van der Waals surface area contributed by atoms with Crippen molar-refractivity contribution >= 4 is 11.8 Å². The fourth-order valence-electron chi connectivity index (χ4n) is 4.67. The lowest BCUT2D eigenvalue weighted by Crippen LogP contribution is -1.97. The van der Waals surface area contributed by atoms with Crippen LogP contribution in [0.15, 0.2) is 58.3 Å². The van der Waals surface area contributed by atoms with Gasteiger partial charge in [0.15, 0.2) is 0 Å². The first-order chi connectivity index (χ1) is 17.4. The van der Waals surface area contributed by atoms with Gasteiger partial charge in [-0.15, -0.1) is 0 Å². The molecule has 0 heterocycles. The minimum Gasteiger partial charge on any atom is -0.508 e. The largest absolute Gasteiger partial charge is 0.508 e. The van der Waals surface area contributed by atoms with Gasteiger partial charge in [-0.2, -0.15) is 0 Å². The minimum absolute atomic E-state index is 0.280. The predicted molar refractivity (Wildman–Crippen MR) is 151 cm³/mol. The van der Waals surface area contributed by atoms with Gasteiger partial charge in [-0.25, -0.2) is 0 Å². The van der Waals surface area contributed by atoms with Crippen molar-refractivity contribution < 1.29 is 20.4 Å². The highest BCUT2D eigenvalue weighted by Gasteiger charge is 2.15. The number of phenolic OH excluding ortho intramolecular Hbond substituents is 4. The minimum atomic E-state index is 0.280. The van der Waals surface area contributed by atoms with E-state index in [1.54, 1.807) is 23.9 Å². The zero-order valence-electron chi connectivity index (χ0n) is 22.2. The van der Waals surface area contributed by atoms with Gasteiger partial charge in [-0.3, -0.25) is 0 Å². The first kappa shape index (κ1) is 26.5. The maximum Gasteiger partial charge on any atom is 0.122 e. The predicted octanol–water partition coefficient (Wildman–Crippen LogP) is 7.69. The third-order valence-corrected chi connectivity index (χ3v) is 7.96. The monoisotopic (exact) mass is 514 g/mol. The Balaban J connectivity index is 1.66. The smallest absolute Gasteiger partial charge is 0.122 e. The zero-order valence-corrected chi connectivity index (χ0v) is 23.0. The van der Waals surface area contributed by atoms with E-state index >= 15 is 0 Å². The first-order valence-electron chi connectivity index (χ1n) is 12.3. The van der Waals surface area contributed by atoms with Crippen LogP contribution in [0.3, 0.4) is 0 Å². The van der Waals surface area contributed by atoms with Crippen LogP contribution < -0.4 is 0 Å². The molecule has 0 aromatic heterocycles. The van der Waals surface area contributed by atoms with Crippen molar-refractivity contribution in [1.82, 2.24) is 0 Å². The molecule has 0 saturated heterocycles. The number of aryl methyl sites for hydroxylation is 6. The van der Waals surface area contributed by atoms with E-state index in [1.165, 1.54) is 0 Å². The Labute approximate surface area is 223 Å². The summed E-state index contributed by atoms with van der Waals surface area (Å²) in [4.78, 5) is 2.01. The summed E-state index contributed by atoms with van der Waals surface area (Å²) in [5.41, 5.74) is 9.00. The second-order valence-electron chi connectivity index (χ2n) is 10.1. The van der Waals surface area contributed by atoms with Gasteiger partial charge in [-0.1, -0.05) is 23.9 Å². The van der Waals surface area contributed by atoms with E-state index in [4.69, 9.17) is 0 Å². The van der Waals surface area contributed by atoms with E-state index in [0.717, 1.165) is 65.4 Å². The molecule has 0 radical (unpaired) electrons. The Kier molecular flexibility index (Phi) is 7.47. The molecule has 4 aromatic carbocycles. The summed E-state index contributed by atoms with van der Waals surface area (Å²) in [7, 11) is 0. The number of phenols is 4. The third kappa shape index (κ3) is 5.72. The van der Waals surface area contributed by atoms with Gasteiger partial charge in [0.1, 0.15) is 23.0 Å². The van der Waals surface area contributed by atoms with E-state index in [9.17, 15) is 20.4 Å². The summed E-state index contributed by atoms with van der Waals surface area (Å²) in [5, 5.41) is 41.7. The average molecular weight is 515 g/mol. The number of rotatable bonds is 6. The van der Waals surface area contributed by atoms with Gasteiger partial charge in [0.05, 0.1) is 0 Å². The van der Waals surface area contributed by atoms with Crippen molar-refractivity contribution in [1.29, 1.82) is 0 Å². The van der Waals surface area contributed by atoms with E-state index in [-0.39, 0.29) is 23.0 Å². The van der Waals surface area contributed by atoms with Gasteiger partial charge >= 0.3 is 0 Å². The van der Waals surface area contributed by atoms with Crippen LogP contribution >= 0.6 is 11.8 Å². The molecular formula is C32H34O4S. The molecule has 4 aromatic rings. The van der Waals surface area contributed by atoms with Crippen LogP contribution in [0.2, 0.25) is 0 Å². The summed E-state index contributed by atoms with van der Waals surface area (Å²) < 4.78 is 0. The summed E-state index contributed by atoms with van der Waals surface area (Å²) >= 11 is 1.60. The average Bonchev–Trinajstić information content (AvgIpc) is 2.82. The molecule has 0 aliphatic rings. The fraction of sp³-hybridized carbons (Fsp3) is 0.250. The Morgan fingerprint density at radius 1 is 0.432 bits per heavy atom.